The molecule has 1 atom stereocenters. The van der Waals surface area contributed by atoms with Crippen molar-refractivity contribution in [3.8, 4) is 0 Å². The smallest absolute Gasteiger partial charge is 0.271 e. The number of rotatable bonds is 4. The van der Waals surface area contributed by atoms with Gasteiger partial charge in [0.05, 0.1) is 0 Å². The highest BCUT2D eigenvalue weighted by Crippen LogP contribution is 2.22. The molecule has 16 heavy (non-hydrogen) atoms. The second-order valence-corrected chi connectivity index (χ2v) is 3.48. The lowest BCUT2D eigenvalue weighted by Crippen LogP contribution is -2.47. The first-order valence-electron chi connectivity index (χ1n) is 4.94. The van der Waals surface area contributed by atoms with Gasteiger partial charge in [0, 0.05) is 18.3 Å². The Morgan fingerprint density at radius 2 is 2.12 bits per heavy atom. The highest BCUT2D eigenvalue weighted by atomic mass is 19.4. The maximum atomic E-state index is 12.4. The largest absolute Gasteiger partial charge is 0.405 e. The quantitative estimate of drug-likeness (QED) is 0.613. The lowest BCUT2D eigenvalue weighted by atomic mass is 10.1. The van der Waals surface area contributed by atoms with E-state index in [1.807, 2.05) is 6.92 Å². The van der Waals surface area contributed by atoms with Crippen LogP contribution in [-0.4, -0.2) is 17.2 Å². The Hall–Kier alpha value is -1.14. The van der Waals surface area contributed by atoms with Gasteiger partial charge in [-0.05, 0) is 18.1 Å². The fraction of sp³-hybridized carbons (Fsp3) is 0.500. The average molecular weight is 233 g/mol. The number of aryl methyl sites for hydroxylation is 1. The maximum absolute atomic E-state index is 12.4. The second-order valence-electron chi connectivity index (χ2n) is 3.48. The van der Waals surface area contributed by atoms with Gasteiger partial charge in [-0.1, -0.05) is 13.0 Å². The minimum absolute atomic E-state index is 0.260. The molecule has 1 unspecified atom stereocenters. The van der Waals surface area contributed by atoms with Crippen molar-refractivity contribution in [1.29, 1.82) is 0 Å². The van der Waals surface area contributed by atoms with Crippen molar-refractivity contribution in [3.05, 3.63) is 29.6 Å². The highest BCUT2D eigenvalue weighted by Gasteiger charge is 2.39. The Morgan fingerprint density at radius 3 is 2.50 bits per heavy atom. The Kier molecular flexibility index (Phi) is 4.26. The Bertz CT molecular complexity index is 321. The first-order chi connectivity index (χ1) is 7.47. The van der Waals surface area contributed by atoms with Crippen molar-refractivity contribution in [2.24, 2.45) is 5.84 Å². The lowest BCUT2D eigenvalue weighted by Gasteiger charge is -2.18. The molecule has 0 bridgehead atoms. The fourth-order valence-electron chi connectivity index (χ4n) is 1.26. The molecule has 0 saturated heterocycles. The zero-order chi connectivity index (χ0) is 12.2. The molecule has 0 spiro atoms. The van der Waals surface area contributed by atoms with Crippen LogP contribution in [0.5, 0.6) is 0 Å². The fourth-order valence-corrected chi connectivity index (χ4v) is 1.26. The zero-order valence-corrected chi connectivity index (χ0v) is 8.88. The third-order valence-corrected chi connectivity index (χ3v) is 2.30. The molecule has 0 aliphatic carbocycles. The average Bonchev–Trinajstić information content (AvgIpc) is 2.25. The predicted octanol–water partition coefficient (Wildman–Crippen LogP) is 1.58. The number of nitrogens with zero attached hydrogens (tertiary/aromatic N) is 1. The molecule has 0 aliphatic heterocycles. The molecular formula is C10H14F3N3. The van der Waals surface area contributed by atoms with E-state index in [2.05, 4.69) is 4.98 Å². The van der Waals surface area contributed by atoms with Crippen molar-refractivity contribution in [2.45, 2.75) is 32.0 Å². The summed E-state index contributed by atoms with van der Waals surface area (Å²) in [7, 11) is 0. The van der Waals surface area contributed by atoms with Gasteiger partial charge in [0.25, 0.3) is 0 Å². The summed E-state index contributed by atoms with van der Waals surface area (Å²) in [5, 5.41) is 0. The van der Waals surface area contributed by atoms with Crippen LogP contribution in [-0.2, 0) is 12.8 Å². The first-order valence-corrected chi connectivity index (χ1v) is 4.94. The van der Waals surface area contributed by atoms with Gasteiger partial charge < -0.3 is 0 Å². The van der Waals surface area contributed by atoms with E-state index in [4.69, 9.17) is 5.84 Å². The number of alkyl halides is 3. The topological polar surface area (TPSA) is 50.9 Å². The molecule has 1 rings (SSSR count). The number of aromatic nitrogens is 1. The van der Waals surface area contributed by atoms with E-state index in [1.165, 1.54) is 0 Å². The van der Waals surface area contributed by atoms with Crippen LogP contribution < -0.4 is 11.3 Å². The first kappa shape index (κ1) is 12.9. The highest BCUT2D eigenvalue weighted by molar-refractivity contribution is 5.14. The molecule has 0 amide bonds. The van der Waals surface area contributed by atoms with Crippen molar-refractivity contribution in [3.63, 3.8) is 0 Å². The van der Waals surface area contributed by atoms with Crippen molar-refractivity contribution in [1.82, 2.24) is 10.4 Å². The van der Waals surface area contributed by atoms with Gasteiger partial charge in [-0.25, -0.2) is 5.43 Å². The van der Waals surface area contributed by atoms with E-state index < -0.39 is 12.2 Å². The molecule has 3 nitrogen and oxygen atoms in total. The molecule has 0 aliphatic rings. The van der Waals surface area contributed by atoms with Crippen LogP contribution >= 0.6 is 0 Å². The van der Waals surface area contributed by atoms with Crippen molar-refractivity contribution >= 4 is 0 Å². The number of pyridine rings is 1. The maximum Gasteiger partial charge on any atom is 0.405 e. The Morgan fingerprint density at radius 1 is 1.44 bits per heavy atom. The number of hydrogen-bond acceptors (Lipinski definition) is 3. The van der Waals surface area contributed by atoms with E-state index in [9.17, 15) is 13.2 Å². The minimum atomic E-state index is -4.36. The van der Waals surface area contributed by atoms with Crippen LogP contribution in [0, 0.1) is 0 Å². The molecular weight excluding hydrogens is 219 g/mol. The molecule has 1 heterocycles. The standard InChI is InChI=1S/C10H14F3N3/c1-2-7-3-4-8(15-6-7)5-9(16-14)10(11,12)13/h3-4,6,9,16H,2,5,14H2,1H3. The number of hydrogen-bond donors (Lipinski definition) is 2. The van der Waals surface area contributed by atoms with Crippen LogP contribution in [0.4, 0.5) is 13.2 Å². The third kappa shape index (κ3) is 3.46. The summed E-state index contributed by atoms with van der Waals surface area (Å²) < 4.78 is 37.1. The van der Waals surface area contributed by atoms with Crippen molar-refractivity contribution in [2.75, 3.05) is 0 Å². The normalized spacial score (nSPS) is 13.8. The summed E-state index contributed by atoms with van der Waals surface area (Å²) in [6.07, 6.45) is -2.23. The number of halogens is 3. The Balaban J connectivity index is 2.71. The molecule has 3 N–H and O–H groups in total. The number of nitrogens with one attached hydrogen (secondary N) is 1. The zero-order valence-electron chi connectivity index (χ0n) is 8.88. The van der Waals surface area contributed by atoms with E-state index in [1.54, 1.807) is 23.8 Å². The van der Waals surface area contributed by atoms with Gasteiger partial charge in [-0.15, -0.1) is 0 Å². The Labute approximate surface area is 91.8 Å². The summed E-state index contributed by atoms with van der Waals surface area (Å²) in [6, 6.07) is 1.61. The van der Waals surface area contributed by atoms with Crippen LogP contribution in [0.3, 0.4) is 0 Å². The van der Waals surface area contributed by atoms with E-state index in [0.717, 1.165) is 12.0 Å². The molecule has 0 radical (unpaired) electrons. The molecule has 90 valence electrons. The third-order valence-electron chi connectivity index (χ3n) is 2.30. The van der Waals surface area contributed by atoms with Crippen LogP contribution in [0.15, 0.2) is 18.3 Å². The summed E-state index contributed by atoms with van der Waals surface area (Å²) in [6.45, 7) is 1.96. The summed E-state index contributed by atoms with van der Waals surface area (Å²) in [5.41, 5.74) is 3.12. The van der Waals surface area contributed by atoms with Gasteiger partial charge in [0.2, 0.25) is 0 Å². The van der Waals surface area contributed by atoms with Crippen LogP contribution in [0.1, 0.15) is 18.2 Å². The second kappa shape index (κ2) is 5.27. The minimum Gasteiger partial charge on any atom is -0.271 e. The van der Waals surface area contributed by atoms with Gasteiger partial charge >= 0.3 is 6.18 Å². The van der Waals surface area contributed by atoms with Gasteiger partial charge in [0.15, 0.2) is 0 Å². The van der Waals surface area contributed by atoms with Crippen molar-refractivity contribution < 1.29 is 13.2 Å². The summed E-state index contributed by atoms with van der Waals surface area (Å²) >= 11 is 0. The van der Waals surface area contributed by atoms with E-state index >= 15 is 0 Å². The molecule has 0 aromatic carbocycles. The van der Waals surface area contributed by atoms with Gasteiger partial charge in [-0.3, -0.25) is 10.8 Å². The van der Waals surface area contributed by atoms with E-state index in [-0.39, 0.29) is 6.42 Å². The van der Waals surface area contributed by atoms with Crippen LogP contribution in [0.25, 0.3) is 0 Å². The molecule has 0 fully saturated rings. The summed E-state index contributed by atoms with van der Waals surface area (Å²) in [4.78, 5) is 3.96. The molecule has 0 saturated carbocycles. The molecule has 1 aromatic rings. The lowest BCUT2D eigenvalue weighted by molar-refractivity contribution is -0.155. The molecule has 6 heteroatoms. The molecule has 1 aromatic heterocycles. The number of hydrazine groups is 1. The SMILES string of the molecule is CCc1ccc(CC(NN)C(F)(F)F)nc1. The van der Waals surface area contributed by atoms with Crippen LogP contribution in [0.2, 0.25) is 0 Å². The van der Waals surface area contributed by atoms with Gasteiger partial charge in [-0.2, -0.15) is 13.2 Å². The monoisotopic (exact) mass is 233 g/mol. The predicted molar refractivity (Wildman–Crippen MR) is 54.5 cm³/mol. The van der Waals surface area contributed by atoms with Gasteiger partial charge in [0.1, 0.15) is 6.04 Å². The summed E-state index contributed by atoms with van der Waals surface area (Å²) in [5.74, 6) is 4.87. The van der Waals surface area contributed by atoms with E-state index in [0.29, 0.717) is 5.69 Å². The number of nitrogens with two attached hydrogens (primary N) is 1.